The smallest absolute Gasteiger partial charge is 0.303 e. The van der Waals surface area contributed by atoms with Crippen LogP contribution in [0.2, 0.25) is 0 Å². The molecule has 1 heterocycles. The first-order chi connectivity index (χ1) is 8.00. The number of carbonyl (C=O) groups excluding carboxylic acids is 1. The molecule has 0 aromatic heterocycles. The van der Waals surface area contributed by atoms with E-state index in [1.165, 1.54) is 0 Å². The molecule has 1 aliphatic heterocycles. The van der Waals surface area contributed by atoms with E-state index in [1.54, 1.807) is 0 Å². The van der Waals surface area contributed by atoms with Gasteiger partial charge in [-0.1, -0.05) is 6.92 Å². The van der Waals surface area contributed by atoms with Crippen LogP contribution in [-0.2, 0) is 9.59 Å². The fourth-order valence-electron chi connectivity index (χ4n) is 1.55. The highest BCUT2D eigenvalue weighted by Gasteiger charge is 2.16. The van der Waals surface area contributed by atoms with E-state index in [4.69, 9.17) is 5.11 Å². The van der Waals surface area contributed by atoms with Gasteiger partial charge < -0.3 is 15.7 Å². The second kappa shape index (κ2) is 6.39. The number of hydrogen-bond donors (Lipinski definition) is 3. The lowest BCUT2D eigenvalue weighted by molar-refractivity contribution is -0.137. The van der Waals surface area contributed by atoms with Gasteiger partial charge in [0.05, 0.1) is 0 Å². The SMILES string of the molecule is CC(C(=O)NCC(C)CCC(=O)O)=C1CNC1. The van der Waals surface area contributed by atoms with Crippen molar-refractivity contribution < 1.29 is 14.7 Å². The van der Waals surface area contributed by atoms with Gasteiger partial charge in [-0.2, -0.15) is 0 Å². The maximum absolute atomic E-state index is 11.7. The molecule has 0 aromatic rings. The molecule has 1 unspecified atom stereocenters. The van der Waals surface area contributed by atoms with Gasteiger partial charge in [0.1, 0.15) is 0 Å². The molecule has 0 bridgehead atoms. The molecule has 5 nitrogen and oxygen atoms in total. The molecule has 1 rings (SSSR count). The Labute approximate surface area is 101 Å². The van der Waals surface area contributed by atoms with Crippen molar-refractivity contribution >= 4 is 11.9 Å². The predicted molar refractivity (Wildman–Crippen MR) is 64.6 cm³/mol. The summed E-state index contributed by atoms with van der Waals surface area (Å²) in [7, 11) is 0. The van der Waals surface area contributed by atoms with Crippen LogP contribution in [0.25, 0.3) is 0 Å². The highest BCUT2D eigenvalue weighted by molar-refractivity contribution is 5.93. The molecule has 5 heteroatoms. The van der Waals surface area contributed by atoms with Crippen LogP contribution < -0.4 is 10.6 Å². The minimum absolute atomic E-state index is 0.0383. The molecule has 0 radical (unpaired) electrons. The Morgan fingerprint density at radius 3 is 2.59 bits per heavy atom. The van der Waals surface area contributed by atoms with Gasteiger partial charge in [0.25, 0.3) is 0 Å². The van der Waals surface area contributed by atoms with Crippen LogP contribution in [-0.4, -0.2) is 36.6 Å². The summed E-state index contributed by atoms with van der Waals surface area (Å²) in [6.07, 6.45) is 0.744. The van der Waals surface area contributed by atoms with Gasteiger partial charge in [0.15, 0.2) is 0 Å². The average Bonchev–Trinajstić information content (AvgIpc) is 2.20. The molecule has 1 saturated heterocycles. The summed E-state index contributed by atoms with van der Waals surface area (Å²) in [6.45, 7) is 5.90. The van der Waals surface area contributed by atoms with Crippen molar-refractivity contribution in [3.8, 4) is 0 Å². The highest BCUT2D eigenvalue weighted by atomic mass is 16.4. The lowest BCUT2D eigenvalue weighted by Gasteiger charge is -2.22. The molecule has 1 fully saturated rings. The van der Waals surface area contributed by atoms with Gasteiger partial charge in [0, 0.05) is 31.6 Å². The second-order valence-corrected chi connectivity index (χ2v) is 4.58. The number of rotatable bonds is 6. The van der Waals surface area contributed by atoms with Crippen molar-refractivity contribution in [1.82, 2.24) is 10.6 Å². The van der Waals surface area contributed by atoms with E-state index in [0.717, 1.165) is 24.2 Å². The fraction of sp³-hybridized carbons (Fsp3) is 0.667. The summed E-state index contributed by atoms with van der Waals surface area (Å²) in [6, 6.07) is 0. The van der Waals surface area contributed by atoms with E-state index < -0.39 is 5.97 Å². The number of nitrogens with one attached hydrogen (secondary N) is 2. The highest BCUT2D eigenvalue weighted by Crippen LogP contribution is 2.09. The molecule has 17 heavy (non-hydrogen) atoms. The average molecular weight is 240 g/mol. The topological polar surface area (TPSA) is 78.4 Å². The van der Waals surface area contributed by atoms with Gasteiger partial charge in [-0.25, -0.2) is 0 Å². The summed E-state index contributed by atoms with van der Waals surface area (Å²) in [5.74, 6) is -0.641. The number of carboxylic acid groups (broad SMARTS) is 1. The van der Waals surface area contributed by atoms with Crippen molar-refractivity contribution in [3.63, 3.8) is 0 Å². The Hall–Kier alpha value is -1.36. The molecule has 3 N–H and O–H groups in total. The van der Waals surface area contributed by atoms with Crippen molar-refractivity contribution in [2.24, 2.45) is 5.92 Å². The second-order valence-electron chi connectivity index (χ2n) is 4.58. The molecular formula is C12H20N2O3. The van der Waals surface area contributed by atoms with E-state index >= 15 is 0 Å². The van der Waals surface area contributed by atoms with Gasteiger partial charge >= 0.3 is 5.97 Å². The van der Waals surface area contributed by atoms with E-state index in [0.29, 0.717) is 13.0 Å². The largest absolute Gasteiger partial charge is 0.481 e. The van der Waals surface area contributed by atoms with E-state index in [1.807, 2.05) is 13.8 Å². The lowest BCUT2D eigenvalue weighted by atomic mass is 10.0. The summed E-state index contributed by atoms with van der Waals surface area (Å²) in [5, 5.41) is 14.5. The van der Waals surface area contributed by atoms with E-state index in [-0.39, 0.29) is 18.2 Å². The minimum Gasteiger partial charge on any atom is -0.481 e. The Kier molecular flexibility index (Phi) is 5.15. The summed E-state index contributed by atoms with van der Waals surface area (Å²) < 4.78 is 0. The zero-order chi connectivity index (χ0) is 12.8. The molecule has 0 aromatic carbocycles. The summed E-state index contributed by atoms with van der Waals surface area (Å²) in [5.41, 5.74) is 1.94. The summed E-state index contributed by atoms with van der Waals surface area (Å²) >= 11 is 0. The number of hydrogen-bond acceptors (Lipinski definition) is 3. The van der Waals surface area contributed by atoms with E-state index in [2.05, 4.69) is 10.6 Å². The van der Waals surface area contributed by atoms with Gasteiger partial charge in [0.2, 0.25) is 5.91 Å². The molecular weight excluding hydrogens is 220 g/mol. The van der Waals surface area contributed by atoms with Crippen LogP contribution in [0.1, 0.15) is 26.7 Å². The first kappa shape index (κ1) is 13.7. The zero-order valence-electron chi connectivity index (χ0n) is 10.4. The van der Waals surface area contributed by atoms with Crippen molar-refractivity contribution in [3.05, 3.63) is 11.1 Å². The predicted octanol–water partition coefficient (Wildman–Crippen LogP) is 0.523. The summed E-state index contributed by atoms with van der Waals surface area (Å²) in [4.78, 5) is 22.1. The lowest BCUT2D eigenvalue weighted by Crippen LogP contribution is -2.38. The van der Waals surface area contributed by atoms with Crippen molar-refractivity contribution in [2.45, 2.75) is 26.7 Å². The standard InChI is InChI=1S/C12H20N2O3/c1-8(3-4-11(15)16)5-14-12(17)9(2)10-6-13-7-10/h8,13H,3-7H2,1-2H3,(H,14,17)(H,15,16). The Bertz CT molecular complexity index is 331. The number of amides is 1. The third-order valence-electron chi connectivity index (χ3n) is 3.01. The van der Waals surface area contributed by atoms with Crippen LogP contribution in [0, 0.1) is 5.92 Å². The number of carbonyl (C=O) groups is 2. The third kappa shape index (κ3) is 4.56. The van der Waals surface area contributed by atoms with Crippen LogP contribution in [0.15, 0.2) is 11.1 Å². The Morgan fingerprint density at radius 2 is 2.12 bits per heavy atom. The maximum Gasteiger partial charge on any atom is 0.303 e. The molecule has 1 aliphatic rings. The molecule has 96 valence electrons. The quantitative estimate of drug-likeness (QED) is 0.592. The Morgan fingerprint density at radius 1 is 1.47 bits per heavy atom. The minimum atomic E-state index is -0.790. The number of carboxylic acids is 1. The number of aliphatic carboxylic acids is 1. The van der Waals surface area contributed by atoms with Crippen LogP contribution in [0.4, 0.5) is 0 Å². The van der Waals surface area contributed by atoms with Crippen LogP contribution >= 0.6 is 0 Å². The molecule has 1 amide bonds. The first-order valence-electron chi connectivity index (χ1n) is 5.90. The molecule has 0 spiro atoms. The zero-order valence-corrected chi connectivity index (χ0v) is 10.4. The van der Waals surface area contributed by atoms with E-state index in [9.17, 15) is 9.59 Å². The molecule has 0 aliphatic carbocycles. The van der Waals surface area contributed by atoms with Crippen molar-refractivity contribution in [1.29, 1.82) is 0 Å². The van der Waals surface area contributed by atoms with Crippen LogP contribution in [0.5, 0.6) is 0 Å². The van der Waals surface area contributed by atoms with Gasteiger partial charge in [-0.3, -0.25) is 9.59 Å². The monoisotopic (exact) mass is 240 g/mol. The normalized spacial score (nSPS) is 16.0. The van der Waals surface area contributed by atoms with Gasteiger partial charge in [-0.15, -0.1) is 0 Å². The first-order valence-corrected chi connectivity index (χ1v) is 5.90. The maximum atomic E-state index is 11.7. The van der Waals surface area contributed by atoms with Crippen molar-refractivity contribution in [2.75, 3.05) is 19.6 Å². The molecule has 0 saturated carbocycles. The fourth-order valence-corrected chi connectivity index (χ4v) is 1.55. The third-order valence-corrected chi connectivity index (χ3v) is 3.01. The molecule has 1 atom stereocenters. The van der Waals surface area contributed by atoms with Crippen LogP contribution in [0.3, 0.4) is 0 Å². The van der Waals surface area contributed by atoms with Gasteiger partial charge in [-0.05, 0) is 24.8 Å². The Balaban J connectivity index is 2.25.